The highest BCUT2D eigenvalue weighted by molar-refractivity contribution is 7.88. The molecule has 6 heteroatoms. The number of rotatable bonds is 4. The Bertz CT molecular complexity index is 611. The maximum atomic E-state index is 12.7. The lowest BCUT2D eigenvalue weighted by atomic mass is 9.83. The Morgan fingerprint density at radius 3 is 2.48 bits per heavy atom. The lowest BCUT2D eigenvalue weighted by molar-refractivity contribution is -0.135. The number of amides is 1. The van der Waals surface area contributed by atoms with E-state index in [1.54, 1.807) is 4.90 Å². The molecule has 0 aromatic heterocycles. The molecule has 5 nitrogen and oxygen atoms in total. The topological polar surface area (TPSA) is 66.5 Å². The van der Waals surface area contributed by atoms with Crippen LogP contribution < -0.4 is 4.72 Å². The van der Waals surface area contributed by atoms with Crippen LogP contribution in [0.1, 0.15) is 25.8 Å². The first-order chi connectivity index (χ1) is 9.70. The van der Waals surface area contributed by atoms with Crippen LogP contribution in [-0.2, 0) is 20.2 Å². The lowest BCUT2D eigenvalue weighted by Gasteiger charge is -2.29. The SMILES string of the molecule is CC(C)(C(=O)N1CCC(NS(C)(=O)=O)C1)c1ccccc1. The number of carbonyl (C=O) groups is 1. The van der Waals surface area contributed by atoms with Gasteiger partial charge in [0, 0.05) is 19.1 Å². The molecule has 1 aliphatic rings. The molecule has 0 radical (unpaired) electrons. The van der Waals surface area contributed by atoms with Crippen molar-refractivity contribution in [3.8, 4) is 0 Å². The summed E-state index contributed by atoms with van der Waals surface area (Å²) in [6.45, 7) is 4.83. The third kappa shape index (κ3) is 3.83. The summed E-state index contributed by atoms with van der Waals surface area (Å²) >= 11 is 0. The van der Waals surface area contributed by atoms with E-state index in [2.05, 4.69) is 4.72 Å². The van der Waals surface area contributed by atoms with Crippen molar-refractivity contribution in [2.45, 2.75) is 31.7 Å². The molecule has 1 aromatic rings. The van der Waals surface area contributed by atoms with Crippen molar-refractivity contribution in [3.63, 3.8) is 0 Å². The van der Waals surface area contributed by atoms with Crippen LogP contribution in [0, 0.1) is 0 Å². The molecule has 1 unspecified atom stereocenters. The number of nitrogens with one attached hydrogen (secondary N) is 1. The highest BCUT2D eigenvalue weighted by Crippen LogP contribution is 2.27. The van der Waals surface area contributed by atoms with Crippen LogP contribution in [-0.4, -0.2) is 44.6 Å². The largest absolute Gasteiger partial charge is 0.340 e. The Labute approximate surface area is 126 Å². The van der Waals surface area contributed by atoms with Crippen molar-refractivity contribution in [3.05, 3.63) is 35.9 Å². The van der Waals surface area contributed by atoms with Gasteiger partial charge in [-0.2, -0.15) is 0 Å². The number of hydrogen-bond acceptors (Lipinski definition) is 3. The molecule has 0 spiro atoms. The average molecular weight is 310 g/mol. The molecule has 0 saturated carbocycles. The maximum absolute atomic E-state index is 12.7. The molecule has 1 aromatic carbocycles. The van der Waals surface area contributed by atoms with E-state index in [-0.39, 0.29) is 11.9 Å². The third-order valence-electron chi connectivity index (χ3n) is 3.89. The van der Waals surface area contributed by atoms with Crippen LogP contribution in [0.4, 0.5) is 0 Å². The molecule has 2 rings (SSSR count). The number of benzene rings is 1. The fraction of sp³-hybridized carbons (Fsp3) is 0.533. The molecule has 1 amide bonds. The zero-order chi connectivity index (χ0) is 15.7. The summed E-state index contributed by atoms with van der Waals surface area (Å²) in [4.78, 5) is 14.5. The van der Waals surface area contributed by atoms with Crippen LogP contribution >= 0.6 is 0 Å². The van der Waals surface area contributed by atoms with E-state index in [0.29, 0.717) is 19.5 Å². The minimum absolute atomic E-state index is 0.0338. The summed E-state index contributed by atoms with van der Waals surface area (Å²) in [6, 6.07) is 9.47. The van der Waals surface area contributed by atoms with Gasteiger partial charge in [0.2, 0.25) is 15.9 Å². The molecule has 0 bridgehead atoms. The lowest BCUT2D eigenvalue weighted by Crippen LogP contribution is -2.44. The number of carbonyl (C=O) groups excluding carboxylic acids is 1. The second kappa shape index (κ2) is 5.77. The second-order valence-electron chi connectivity index (χ2n) is 6.12. The molecule has 1 saturated heterocycles. The van der Waals surface area contributed by atoms with E-state index >= 15 is 0 Å². The van der Waals surface area contributed by atoms with Crippen molar-refractivity contribution in [2.24, 2.45) is 0 Å². The van der Waals surface area contributed by atoms with Gasteiger partial charge in [0.05, 0.1) is 11.7 Å². The standard InChI is InChI=1S/C15H22N2O3S/c1-15(2,12-7-5-4-6-8-12)14(18)17-10-9-13(11-17)16-21(3,19)20/h4-8,13,16H,9-11H2,1-3H3. The normalized spacial score (nSPS) is 19.8. The van der Waals surface area contributed by atoms with E-state index in [1.807, 2.05) is 44.2 Å². The molecule has 1 N–H and O–H groups in total. The predicted molar refractivity (Wildman–Crippen MR) is 82.4 cm³/mol. The first kappa shape index (κ1) is 16.0. The summed E-state index contributed by atoms with van der Waals surface area (Å²) < 4.78 is 25.1. The second-order valence-corrected chi connectivity index (χ2v) is 7.90. The summed E-state index contributed by atoms with van der Waals surface area (Å²) in [6.07, 6.45) is 1.80. The number of likely N-dealkylation sites (tertiary alicyclic amines) is 1. The average Bonchev–Trinajstić information content (AvgIpc) is 2.85. The van der Waals surface area contributed by atoms with Crippen LogP contribution in [0.25, 0.3) is 0 Å². The van der Waals surface area contributed by atoms with Gasteiger partial charge >= 0.3 is 0 Å². The Kier molecular flexibility index (Phi) is 4.39. The van der Waals surface area contributed by atoms with Crippen molar-refractivity contribution < 1.29 is 13.2 Å². The number of nitrogens with zero attached hydrogens (tertiary/aromatic N) is 1. The molecule has 0 aliphatic carbocycles. The van der Waals surface area contributed by atoms with Gasteiger partial charge in [-0.3, -0.25) is 4.79 Å². The molecule has 1 fully saturated rings. The molecular formula is C15H22N2O3S. The van der Waals surface area contributed by atoms with Crippen molar-refractivity contribution in [1.82, 2.24) is 9.62 Å². The van der Waals surface area contributed by atoms with Gasteiger partial charge in [-0.05, 0) is 25.8 Å². The highest BCUT2D eigenvalue weighted by atomic mass is 32.2. The van der Waals surface area contributed by atoms with E-state index in [0.717, 1.165) is 11.8 Å². The van der Waals surface area contributed by atoms with Crippen LogP contribution in [0.2, 0.25) is 0 Å². The fourth-order valence-corrected chi connectivity index (χ4v) is 3.52. The van der Waals surface area contributed by atoms with Crippen molar-refractivity contribution >= 4 is 15.9 Å². The minimum atomic E-state index is -3.23. The molecule has 21 heavy (non-hydrogen) atoms. The Morgan fingerprint density at radius 2 is 1.90 bits per heavy atom. The third-order valence-corrected chi connectivity index (χ3v) is 4.65. The monoisotopic (exact) mass is 310 g/mol. The smallest absolute Gasteiger partial charge is 0.232 e. The zero-order valence-electron chi connectivity index (χ0n) is 12.7. The van der Waals surface area contributed by atoms with E-state index in [1.165, 1.54) is 0 Å². The van der Waals surface area contributed by atoms with Gasteiger partial charge in [-0.1, -0.05) is 30.3 Å². The van der Waals surface area contributed by atoms with Crippen LogP contribution in [0.3, 0.4) is 0 Å². The van der Waals surface area contributed by atoms with Crippen molar-refractivity contribution in [1.29, 1.82) is 0 Å². The molecule has 116 valence electrons. The molecule has 1 heterocycles. The Hall–Kier alpha value is -1.40. The quantitative estimate of drug-likeness (QED) is 0.906. The van der Waals surface area contributed by atoms with Crippen molar-refractivity contribution in [2.75, 3.05) is 19.3 Å². The molecule has 1 atom stereocenters. The Morgan fingerprint density at radius 1 is 1.29 bits per heavy atom. The predicted octanol–water partition coefficient (Wildman–Crippen LogP) is 1.11. The summed E-state index contributed by atoms with van der Waals surface area (Å²) in [5, 5.41) is 0. The van der Waals surface area contributed by atoms with E-state index in [9.17, 15) is 13.2 Å². The van der Waals surface area contributed by atoms with Gasteiger partial charge in [-0.25, -0.2) is 13.1 Å². The maximum Gasteiger partial charge on any atom is 0.232 e. The minimum Gasteiger partial charge on any atom is -0.340 e. The Balaban J connectivity index is 2.08. The molecule has 1 aliphatic heterocycles. The van der Waals surface area contributed by atoms with Gasteiger partial charge in [-0.15, -0.1) is 0 Å². The first-order valence-corrected chi connectivity index (χ1v) is 8.91. The van der Waals surface area contributed by atoms with Gasteiger partial charge in [0.25, 0.3) is 0 Å². The number of sulfonamides is 1. The van der Waals surface area contributed by atoms with Gasteiger partial charge in [0.15, 0.2) is 0 Å². The summed E-state index contributed by atoms with van der Waals surface area (Å²) in [5.74, 6) is 0.0338. The van der Waals surface area contributed by atoms with E-state index in [4.69, 9.17) is 0 Å². The van der Waals surface area contributed by atoms with E-state index < -0.39 is 15.4 Å². The highest BCUT2D eigenvalue weighted by Gasteiger charge is 2.37. The zero-order valence-corrected chi connectivity index (χ0v) is 13.5. The van der Waals surface area contributed by atoms with Crippen LogP contribution in [0.5, 0.6) is 0 Å². The van der Waals surface area contributed by atoms with Gasteiger partial charge in [0.1, 0.15) is 0 Å². The summed E-state index contributed by atoms with van der Waals surface area (Å²) in [5.41, 5.74) is 0.357. The fourth-order valence-electron chi connectivity index (χ4n) is 2.72. The van der Waals surface area contributed by atoms with Crippen LogP contribution in [0.15, 0.2) is 30.3 Å². The first-order valence-electron chi connectivity index (χ1n) is 7.02. The van der Waals surface area contributed by atoms with Gasteiger partial charge < -0.3 is 4.90 Å². The summed E-state index contributed by atoms with van der Waals surface area (Å²) in [7, 11) is -3.23. The number of hydrogen-bond donors (Lipinski definition) is 1. The molecular weight excluding hydrogens is 288 g/mol.